The molecule has 2 aromatic carbocycles. The number of hydrogen-bond donors (Lipinski definition) is 0. The first-order valence-corrected chi connectivity index (χ1v) is 10.2. The number of aromatic nitrogens is 4. The number of hydrogen-bond acceptors (Lipinski definition) is 6. The second-order valence-corrected chi connectivity index (χ2v) is 7.55. The van der Waals surface area contributed by atoms with Crippen molar-refractivity contribution in [2.45, 2.75) is 30.8 Å². The molecule has 2 aromatic heterocycles. The smallest absolute Gasteiger partial charge is 0.262 e. The first-order chi connectivity index (χ1) is 13.7. The van der Waals surface area contributed by atoms with E-state index in [0.717, 1.165) is 12.0 Å². The molecular formula is C20H17ClN4O2S. The third-order valence-corrected chi connectivity index (χ3v) is 5.34. The highest BCUT2D eigenvalue weighted by Gasteiger charge is 2.14. The first kappa shape index (κ1) is 18.7. The number of rotatable bonds is 6. The van der Waals surface area contributed by atoms with Crippen molar-refractivity contribution in [3.63, 3.8) is 0 Å². The summed E-state index contributed by atoms with van der Waals surface area (Å²) in [7, 11) is 0. The van der Waals surface area contributed by atoms with Crippen molar-refractivity contribution in [2.75, 3.05) is 0 Å². The lowest BCUT2D eigenvalue weighted by Gasteiger charge is -2.11. The maximum absolute atomic E-state index is 12.9. The van der Waals surface area contributed by atoms with Crippen LogP contribution in [0.5, 0.6) is 0 Å². The lowest BCUT2D eigenvalue weighted by molar-refractivity contribution is 0.527. The zero-order valence-corrected chi connectivity index (χ0v) is 16.7. The zero-order valence-electron chi connectivity index (χ0n) is 15.1. The largest absolute Gasteiger partial charge is 0.420 e. The predicted molar refractivity (Wildman–Crippen MR) is 111 cm³/mol. The molecule has 0 aliphatic rings. The maximum Gasteiger partial charge on any atom is 0.262 e. The average molecular weight is 413 g/mol. The Balaban J connectivity index is 1.63. The lowest BCUT2D eigenvalue weighted by atomic mass is 10.2. The van der Waals surface area contributed by atoms with Gasteiger partial charge in [0.2, 0.25) is 11.8 Å². The Bertz CT molecular complexity index is 1170. The summed E-state index contributed by atoms with van der Waals surface area (Å²) in [5.41, 5.74) is 1.39. The van der Waals surface area contributed by atoms with E-state index in [4.69, 9.17) is 16.0 Å². The number of fused-ring (bicyclic) bond motifs is 1. The predicted octanol–water partition coefficient (Wildman–Crippen LogP) is 4.80. The van der Waals surface area contributed by atoms with Crippen molar-refractivity contribution in [2.24, 2.45) is 0 Å². The molecule has 0 N–H and O–H groups in total. The fourth-order valence-corrected chi connectivity index (χ4v) is 3.87. The summed E-state index contributed by atoms with van der Waals surface area (Å²) in [5, 5.41) is 9.93. The molecule has 142 valence electrons. The quantitative estimate of drug-likeness (QED) is 0.334. The molecule has 0 radical (unpaired) electrons. The molecule has 4 aromatic rings. The van der Waals surface area contributed by atoms with Crippen molar-refractivity contribution in [1.82, 2.24) is 19.7 Å². The number of thioether (sulfide) groups is 1. The minimum absolute atomic E-state index is 0.0680. The van der Waals surface area contributed by atoms with Crippen LogP contribution in [0.25, 0.3) is 22.4 Å². The van der Waals surface area contributed by atoms with E-state index in [0.29, 0.717) is 45.2 Å². The molecule has 0 fully saturated rings. The van der Waals surface area contributed by atoms with Crippen LogP contribution in [0, 0.1) is 0 Å². The molecule has 0 amide bonds. The molecule has 0 aliphatic heterocycles. The second kappa shape index (κ2) is 8.16. The van der Waals surface area contributed by atoms with Gasteiger partial charge in [0.05, 0.1) is 16.7 Å². The summed E-state index contributed by atoms with van der Waals surface area (Å²) in [6.45, 7) is 2.61. The summed E-state index contributed by atoms with van der Waals surface area (Å²) in [5.74, 6) is 1.37. The van der Waals surface area contributed by atoms with Gasteiger partial charge >= 0.3 is 0 Å². The Morgan fingerprint density at radius 2 is 1.96 bits per heavy atom. The highest BCUT2D eigenvalue weighted by Crippen LogP contribution is 2.25. The SMILES string of the molecule is CCCn1c(SCc2nnc(-c3ccccc3)o2)nc2cc(Cl)ccc2c1=O. The van der Waals surface area contributed by atoms with Crippen molar-refractivity contribution in [3.05, 3.63) is 69.8 Å². The van der Waals surface area contributed by atoms with E-state index in [-0.39, 0.29) is 5.56 Å². The highest BCUT2D eigenvalue weighted by molar-refractivity contribution is 7.98. The number of nitrogens with zero attached hydrogens (tertiary/aromatic N) is 4. The van der Waals surface area contributed by atoms with E-state index in [1.165, 1.54) is 11.8 Å². The lowest BCUT2D eigenvalue weighted by Crippen LogP contribution is -2.23. The van der Waals surface area contributed by atoms with E-state index in [1.54, 1.807) is 22.8 Å². The third kappa shape index (κ3) is 3.81. The molecule has 28 heavy (non-hydrogen) atoms. The van der Waals surface area contributed by atoms with Crippen molar-refractivity contribution >= 4 is 34.3 Å². The van der Waals surface area contributed by atoms with Crippen molar-refractivity contribution < 1.29 is 4.42 Å². The van der Waals surface area contributed by atoms with Gasteiger partial charge in [0.1, 0.15) is 0 Å². The van der Waals surface area contributed by atoms with E-state index < -0.39 is 0 Å². The summed E-state index contributed by atoms with van der Waals surface area (Å²) in [4.78, 5) is 17.5. The van der Waals surface area contributed by atoms with Crippen LogP contribution in [-0.2, 0) is 12.3 Å². The van der Waals surface area contributed by atoms with E-state index in [2.05, 4.69) is 15.2 Å². The molecule has 6 nitrogen and oxygen atoms in total. The third-order valence-electron chi connectivity index (χ3n) is 4.14. The fraction of sp³-hybridized carbons (Fsp3) is 0.200. The van der Waals surface area contributed by atoms with Crippen LogP contribution in [-0.4, -0.2) is 19.7 Å². The van der Waals surface area contributed by atoms with Gasteiger partial charge in [-0.15, -0.1) is 10.2 Å². The van der Waals surface area contributed by atoms with Crippen molar-refractivity contribution in [3.8, 4) is 11.5 Å². The molecule has 0 unspecified atom stereocenters. The van der Waals surface area contributed by atoms with Gasteiger partial charge in [-0.05, 0) is 36.8 Å². The molecule has 0 saturated heterocycles. The fourth-order valence-electron chi connectivity index (χ4n) is 2.84. The Morgan fingerprint density at radius 1 is 1.14 bits per heavy atom. The summed E-state index contributed by atoms with van der Waals surface area (Å²) < 4.78 is 7.44. The highest BCUT2D eigenvalue weighted by atomic mass is 35.5. The molecule has 0 aliphatic carbocycles. The molecule has 2 heterocycles. The van der Waals surface area contributed by atoms with Crippen LogP contribution in [0.2, 0.25) is 5.02 Å². The van der Waals surface area contributed by atoms with Crippen LogP contribution in [0.4, 0.5) is 0 Å². The van der Waals surface area contributed by atoms with E-state index >= 15 is 0 Å². The minimum atomic E-state index is -0.0680. The van der Waals surface area contributed by atoms with Gasteiger partial charge in [0, 0.05) is 17.1 Å². The first-order valence-electron chi connectivity index (χ1n) is 8.86. The van der Waals surface area contributed by atoms with E-state index in [9.17, 15) is 4.79 Å². The van der Waals surface area contributed by atoms with Crippen LogP contribution < -0.4 is 5.56 Å². The van der Waals surface area contributed by atoms with Gasteiger partial charge in [0.25, 0.3) is 5.56 Å². The molecular weight excluding hydrogens is 396 g/mol. The van der Waals surface area contributed by atoms with Gasteiger partial charge in [-0.25, -0.2) is 4.98 Å². The minimum Gasteiger partial charge on any atom is -0.420 e. The van der Waals surface area contributed by atoms with Gasteiger partial charge in [-0.3, -0.25) is 9.36 Å². The van der Waals surface area contributed by atoms with Gasteiger partial charge in [0.15, 0.2) is 5.16 Å². The average Bonchev–Trinajstić information content (AvgIpc) is 3.18. The Kier molecular flexibility index (Phi) is 5.45. The molecule has 8 heteroatoms. The van der Waals surface area contributed by atoms with Crippen LogP contribution in [0.15, 0.2) is 62.9 Å². The molecule has 4 rings (SSSR count). The topological polar surface area (TPSA) is 73.8 Å². The monoisotopic (exact) mass is 412 g/mol. The molecule has 0 bridgehead atoms. The summed E-state index contributed by atoms with van der Waals surface area (Å²) in [6.07, 6.45) is 0.826. The van der Waals surface area contributed by atoms with Crippen LogP contribution in [0.1, 0.15) is 19.2 Å². The van der Waals surface area contributed by atoms with E-state index in [1.807, 2.05) is 37.3 Å². The molecule has 0 saturated carbocycles. The van der Waals surface area contributed by atoms with Crippen LogP contribution in [0.3, 0.4) is 0 Å². The van der Waals surface area contributed by atoms with Gasteiger partial charge in [-0.1, -0.05) is 48.5 Å². The number of halogens is 1. The summed E-state index contributed by atoms with van der Waals surface area (Å²) in [6, 6.07) is 14.7. The van der Waals surface area contributed by atoms with Gasteiger partial charge in [-0.2, -0.15) is 0 Å². The Labute approximate surface area is 170 Å². The Hall–Kier alpha value is -2.64. The Morgan fingerprint density at radius 3 is 2.75 bits per heavy atom. The zero-order chi connectivity index (χ0) is 19.5. The molecule has 0 spiro atoms. The normalized spacial score (nSPS) is 11.2. The molecule has 0 atom stereocenters. The standard InChI is InChI=1S/C20H17ClN4O2S/c1-2-10-25-19(26)15-9-8-14(21)11-16(15)22-20(25)28-12-17-23-24-18(27-17)13-6-4-3-5-7-13/h3-9,11H,2,10,12H2,1H3. The summed E-state index contributed by atoms with van der Waals surface area (Å²) >= 11 is 7.47. The second-order valence-electron chi connectivity index (χ2n) is 6.17. The van der Waals surface area contributed by atoms with Crippen molar-refractivity contribution in [1.29, 1.82) is 0 Å². The maximum atomic E-state index is 12.9. The number of benzene rings is 2. The van der Waals surface area contributed by atoms with Gasteiger partial charge < -0.3 is 4.42 Å². The van der Waals surface area contributed by atoms with Crippen LogP contribution >= 0.6 is 23.4 Å².